The molecule has 2 aromatic heterocycles. The third-order valence-corrected chi connectivity index (χ3v) is 4.99. The molecule has 1 amide bonds. The van der Waals surface area contributed by atoms with Gasteiger partial charge in [-0.05, 0) is 30.3 Å². The normalized spacial score (nSPS) is 11.3. The topological polar surface area (TPSA) is 54.9 Å². The first kappa shape index (κ1) is 18.4. The van der Waals surface area contributed by atoms with E-state index >= 15 is 0 Å². The molecule has 0 fully saturated rings. The van der Waals surface area contributed by atoms with Gasteiger partial charge < -0.3 is 5.32 Å². The fourth-order valence-electron chi connectivity index (χ4n) is 2.04. The van der Waals surface area contributed by atoms with Crippen LogP contribution in [0.15, 0.2) is 59.1 Å². The van der Waals surface area contributed by atoms with E-state index in [1.807, 2.05) is 6.07 Å². The number of benzene rings is 1. The molecule has 134 valence electrons. The van der Waals surface area contributed by atoms with Gasteiger partial charge in [0.25, 0.3) is 0 Å². The zero-order valence-electron chi connectivity index (χ0n) is 13.2. The Morgan fingerprint density at radius 3 is 2.81 bits per heavy atom. The van der Waals surface area contributed by atoms with Gasteiger partial charge in [-0.15, -0.1) is 23.1 Å². The lowest BCUT2D eigenvalue weighted by molar-refractivity contribution is -0.137. The number of rotatable bonds is 5. The minimum Gasteiger partial charge on any atom is -0.301 e. The molecule has 2 heterocycles. The van der Waals surface area contributed by atoms with Crippen LogP contribution in [0.5, 0.6) is 0 Å². The van der Waals surface area contributed by atoms with Crippen molar-refractivity contribution in [1.82, 2.24) is 9.97 Å². The molecule has 9 heteroatoms. The number of anilines is 1. The molecular formula is C17H12F3N3OS2. The third kappa shape index (κ3) is 4.83. The molecule has 0 aliphatic heterocycles. The quantitative estimate of drug-likeness (QED) is 0.621. The lowest BCUT2D eigenvalue weighted by atomic mass is 10.2. The lowest BCUT2D eigenvalue weighted by Gasteiger charge is -2.08. The van der Waals surface area contributed by atoms with Crippen LogP contribution < -0.4 is 5.32 Å². The van der Waals surface area contributed by atoms with E-state index in [1.165, 1.54) is 23.5 Å². The van der Waals surface area contributed by atoms with Crippen LogP contribution in [0.4, 0.5) is 18.3 Å². The average Bonchev–Trinajstić information content (AvgIpc) is 3.09. The van der Waals surface area contributed by atoms with E-state index < -0.39 is 11.7 Å². The van der Waals surface area contributed by atoms with E-state index in [1.54, 1.807) is 23.8 Å². The third-order valence-electron chi connectivity index (χ3n) is 3.24. The predicted molar refractivity (Wildman–Crippen MR) is 96.1 cm³/mol. The van der Waals surface area contributed by atoms with Gasteiger partial charge in [0.2, 0.25) is 5.91 Å². The Balaban J connectivity index is 1.58. The van der Waals surface area contributed by atoms with Crippen molar-refractivity contribution in [3.05, 3.63) is 59.7 Å². The van der Waals surface area contributed by atoms with Crippen molar-refractivity contribution in [2.24, 2.45) is 0 Å². The molecule has 3 aromatic rings. The summed E-state index contributed by atoms with van der Waals surface area (Å²) in [5.74, 6) is -0.345. The summed E-state index contributed by atoms with van der Waals surface area (Å²) in [6.45, 7) is 0. The number of carbonyl (C=O) groups is 1. The van der Waals surface area contributed by atoms with Gasteiger partial charge in [-0.2, -0.15) is 13.2 Å². The first-order chi connectivity index (χ1) is 12.4. The van der Waals surface area contributed by atoms with Crippen LogP contribution in [0, 0.1) is 0 Å². The summed E-state index contributed by atoms with van der Waals surface area (Å²) in [5, 5.41) is 4.88. The average molecular weight is 395 g/mol. The number of carbonyl (C=O) groups excluding carboxylic acids is 1. The van der Waals surface area contributed by atoms with Gasteiger partial charge in [0.05, 0.1) is 17.0 Å². The Hall–Kier alpha value is -2.39. The summed E-state index contributed by atoms with van der Waals surface area (Å²) in [7, 11) is 0. The lowest BCUT2D eigenvalue weighted by Crippen LogP contribution is -2.13. The van der Waals surface area contributed by atoms with Crippen LogP contribution in [0.1, 0.15) is 5.56 Å². The number of alkyl halides is 3. The van der Waals surface area contributed by atoms with Crippen molar-refractivity contribution >= 4 is 34.1 Å². The number of hydrogen-bond donors (Lipinski definition) is 1. The van der Waals surface area contributed by atoms with Crippen LogP contribution in [0.3, 0.4) is 0 Å². The maximum absolute atomic E-state index is 12.7. The molecule has 0 aliphatic carbocycles. The minimum atomic E-state index is -4.40. The fraction of sp³-hybridized carbons (Fsp3) is 0.118. The van der Waals surface area contributed by atoms with Crippen LogP contribution in [-0.4, -0.2) is 21.6 Å². The summed E-state index contributed by atoms with van der Waals surface area (Å²) in [6, 6.07) is 8.54. The summed E-state index contributed by atoms with van der Waals surface area (Å²) in [5.41, 5.74) is 0.801. The highest BCUT2D eigenvalue weighted by atomic mass is 32.2. The SMILES string of the molecule is O=C(CSc1cccc(C(F)(F)F)c1)Nc1nc(-c2cccnc2)cs1. The predicted octanol–water partition coefficient (Wildman–Crippen LogP) is 4.95. The van der Waals surface area contributed by atoms with Gasteiger partial charge in [0, 0.05) is 28.2 Å². The molecule has 0 saturated heterocycles. The number of pyridine rings is 1. The smallest absolute Gasteiger partial charge is 0.301 e. The zero-order valence-corrected chi connectivity index (χ0v) is 14.8. The molecule has 1 aromatic carbocycles. The number of nitrogens with zero attached hydrogens (tertiary/aromatic N) is 2. The first-order valence-corrected chi connectivity index (χ1v) is 9.24. The number of amides is 1. The van der Waals surface area contributed by atoms with Gasteiger partial charge in [0.15, 0.2) is 5.13 Å². The first-order valence-electron chi connectivity index (χ1n) is 7.37. The van der Waals surface area contributed by atoms with E-state index in [2.05, 4.69) is 15.3 Å². The summed E-state index contributed by atoms with van der Waals surface area (Å²) in [6.07, 6.45) is -1.07. The number of thioether (sulfide) groups is 1. The Morgan fingerprint density at radius 1 is 1.23 bits per heavy atom. The molecule has 3 rings (SSSR count). The van der Waals surface area contributed by atoms with Crippen LogP contribution in [0.25, 0.3) is 11.3 Å². The van der Waals surface area contributed by atoms with Crippen LogP contribution in [-0.2, 0) is 11.0 Å². The standard InChI is InChI=1S/C17H12F3N3OS2/c18-17(19,20)12-4-1-5-13(7-12)25-10-15(24)23-16-22-14(9-26-16)11-3-2-6-21-8-11/h1-9H,10H2,(H,22,23,24). The molecule has 0 radical (unpaired) electrons. The van der Waals surface area contributed by atoms with Gasteiger partial charge >= 0.3 is 6.18 Å². The van der Waals surface area contributed by atoms with Gasteiger partial charge in [-0.25, -0.2) is 4.98 Å². The molecule has 0 aliphatic rings. The van der Waals surface area contributed by atoms with Gasteiger partial charge in [0.1, 0.15) is 0 Å². The van der Waals surface area contributed by atoms with Crippen molar-refractivity contribution < 1.29 is 18.0 Å². The highest BCUT2D eigenvalue weighted by molar-refractivity contribution is 8.00. The van der Waals surface area contributed by atoms with Crippen molar-refractivity contribution in [2.45, 2.75) is 11.1 Å². The fourth-order valence-corrected chi connectivity index (χ4v) is 3.54. The zero-order chi connectivity index (χ0) is 18.6. The maximum atomic E-state index is 12.7. The number of aromatic nitrogens is 2. The number of hydrogen-bond acceptors (Lipinski definition) is 5. The highest BCUT2D eigenvalue weighted by Crippen LogP contribution is 2.32. The molecular weight excluding hydrogens is 383 g/mol. The van der Waals surface area contributed by atoms with Crippen molar-refractivity contribution in [1.29, 1.82) is 0 Å². The van der Waals surface area contributed by atoms with E-state index in [4.69, 9.17) is 0 Å². The molecule has 0 bridgehead atoms. The van der Waals surface area contributed by atoms with Crippen LogP contribution >= 0.6 is 23.1 Å². The van der Waals surface area contributed by atoms with Crippen molar-refractivity contribution in [3.8, 4) is 11.3 Å². The maximum Gasteiger partial charge on any atom is 0.416 e. The largest absolute Gasteiger partial charge is 0.416 e. The molecule has 0 atom stereocenters. The summed E-state index contributed by atoms with van der Waals surface area (Å²) >= 11 is 2.31. The molecule has 0 spiro atoms. The second-order valence-corrected chi connectivity index (χ2v) is 7.05. The number of thiazole rings is 1. The second-order valence-electron chi connectivity index (χ2n) is 5.14. The van der Waals surface area contributed by atoms with Gasteiger partial charge in [-0.1, -0.05) is 6.07 Å². The Kier molecular flexibility index (Phi) is 5.58. The van der Waals surface area contributed by atoms with E-state index in [9.17, 15) is 18.0 Å². The molecule has 26 heavy (non-hydrogen) atoms. The summed E-state index contributed by atoms with van der Waals surface area (Å²) in [4.78, 5) is 20.7. The highest BCUT2D eigenvalue weighted by Gasteiger charge is 2.30. The molecule has 1 N–H and O–H groups in total. The van der Waals surface area contributed by atoms with Gasteiger partial charge in [-0.3, -0.25) is 9.78 Å². The van der Waals surface area contributed by atoms with E-state index in [0.29, 0.717) is 15.7 Å². The minimum absolute atomic E-state index is 0.0108. The van der Waals surface area contributed by atoms with Crippen molar-refractivity contribution in [2.75, 3.05) is 11.1 Å². The number of nitrogens with one attached hydrogen (secondary N) is 1. The van der Waals surface area contributed by atoms with Crippen molar-refractivity contribution in [3.63, 3.8) is 0 Å². The molecule has 0 unspecified atom stereocenters. The van der Waals surface area contributed by atoms with Crippen LogP contribution in [0.2, 0.25) is 0 Å². The number of halogens is 3. The van der Waals surface area contributed by atoms with E-state index in [0.717, 1.165) is 29.5 Å². The van der Waals surface area contributed by atoms with E-state index in [-0.39, 0.29) is 11.7 Å². The Bertz CT molecular complexity index is 898. The Morgan fingerprint density at radius 2 is 2.08 bits per heavy atom. The Labute approximate surface area is 155 Å². The molecule has 4 nitrogen and oxygen atoms in total. The molecule has 0 saturated carbocycles. The summed E-state index contributed by atoms with van der Waals surface area (Å²) < 4.78 is 38.1. The monoisotopic (exact) mass is 395 g/mol. The second kappa shape index (κ2) is 7.88.